The fourth-order valence-electron chi connectivity index (χ4n) is 2.23. The summed E-state index contributed by atoms with van der Waals surface area (Å²) in [7, 11) is 0. The highest BCUT2D eigenvalue weighted by Crippen LogP contribution is 2.33. The van der Waals surface area contributed by atoms with Crippen molar-refractivity contribution < 1.29 is 9.90 Å². The van der Waals surface area contributed by atoms with E-state index in [1.165, 1.54) is 0 Å². The molecule has 4 heteroatoms. The quantitative estimate of drug-likeness (QED) is 0.727. The molecule has 0 radical (unpaired) electrons. The van der Waals surface area contributed by atoms with Gasteiger partial charge in [-0.2, -0.15) is 0 Å². The predicted molar refractivity (Wildman–Crippen MR) is 64.4 cm³/mol. The van der Waals surface area contributed by atoms with Crippen LogP contribution in [0.4, 0.5) is 0 Å². The molecule has 0 bridgehead atoms. The minimum atomic E-state index is -0.434. The molecular weight excluding hydrogens is 218 g/mol. The van der Waals surface area contributed by atoms with E-state index in [1.54, 1.807) is 6.07 Å². The van der Waals surface area contributed by atoms with Crippen molar-refractivity contribution in [2.75, 3.05) is 0 Å². The lowest BCUT2D eigenvalue weighted by molar-refractivity contribution is 0.111. The summed E-state index contributed by atoms with van der Waals surface area (Å²) in [5.41, 5.74) is 1.44. The van der Waals surface area contributed by atoms with Crippen LogP contribution in [0.3, 0.4) is 0 Å². The van der Waals surface area contributed by atoms with Gasteiger partial charge in [-0.25, -0.2) is 0 Å². The fraction of sp³-hybridized carbons (Fsp3) is 0.0769. The van der Waals surface area contributed by atoms with Crippen LogP contribution < -0.4 is 5.56 Å². The number of hydrogen-bond donors (Lipinski definition) is 2. The molecule has 2 N–H and O–H groups in total. The van der Waals surface area contributed by atoms with Crippen LogP contribution in [0, 0.1) is 0 Å². The standard InChI is InChI=1S/C13H9NO3/c15-6-9-5-8-4-7-2-1-3-10(7)12(16)11(8)13(17)14-9/h1-2,4-6,16H,3H2,(H,14,17). The van der Waals surface area contributed by atoms with E-state index in [4.69, 9.17) is 0 Å². The molecule has 1 aromatic carbocycles. The molecule has 84 valence electrons. The number of nitrogens with one attached hydrogen (secondary N) is 1. The normalized spacial score (nSPS) is 12.9. The Bertz CT molecular complexity index is 726. The summed E-state index contributed by atoms with van der Waals surface area (Å²) in [4.78, 5) is 24.9. The van der Waals surface area contributed by atoms with Crippen molar-refractivity contribution in [2.24, 2.45) is 0 Å². The molecule has 1 aliphatic carbocycles. The van der Waals surface area contributed by atoms with E-state index in [0.29, 0.717) is 18.1 Å². The first-order valence-electron chi connectivity index (χ1n) is 5.24. The highest BCUT2D eigenvalue weighted by Gasteiger charge is 2.16. The van der Waals surface area contributed by atoms with Gasteiger partial charge in [-0.15, -0.1) is 0 Å². The summed E-state index contributed by atoms with van der Waals surface area (Å²) < 4.78 is 0. The Hall–Kier alpha value is -2.36. The fourth-order valence-corrected chi connectivity index (χ4v) is 2.23. The Kier molecular flexibility index (Phi) is 1.92. The molecule has 4 nitrogen and oxygen atoms in total. The van der Waals surface area contributed by atoms with Gasteiger partial charge in [0.25, 0.3) is 5.56 Å². The van der Waals surface area contributed by atoms with Gasteiger partial charge in [0, 0.05) is 5.56 Å². The SMILES string of the molecule is O=Cc1cc2cc3c(c(O)c2c(=O)[nH]1)CC=C3. The first kappa shape index (κ1) is 9.84. The molecule has 3 rings (SSSR count). The molecule has 1 aliphatic rings. The van der Waals surface area contributed by atoms with E-state index in [1.807, 2.05) is 18.2 Å². The molecule has 0 fully saturated rings. The van der Waals surface area contributed by atoms with Gasteiger partial charge in [-0.3, -0.25) is 9.59 Å². The van der Waals surface area contributed by atoms with Gasteiger partial charge in [-0.05, 0) is 29.5 Å². The molecular formula is C13H9NO3. The number of phenols is 1. The van der Waals surface area contributed by atoms with Crippen molar-refractivity contribution in [3.63, 3.8) is 0 Å². The van der Waals surface area contributed by atoms with Crippen LogP contribution in [0.1, 0.15) is 21.6 Å². The smallest absolute Gasteiger partial charge is 0.260 e. The minimum Gasteiger partial charge on any atom is -0.507 e. The Morgan fingerprint density at radius 2 is 2.18 bits per heavy atom. The summed E-state index contributed by atoms with van der Waals surface area (Å²) in [6.45, 7) is 0. The number of aromatic amines is 1. The van der Waals surface area contributed by atoms with Gasteiger partial charge in [-0.1, -0.05) is 12.2 Å². The topological polar surface area (TPSA) is 70.2 Å². The van der Waals surface area contributed by atoms with Crippen molar-refractivity contribution >= 4 is 23.1 Å². The molecule has 1 heterocycles. The van der Waals surface area contributed by atoms with E-state index >= 15 is 0 Å². The lowest BCUT2D eigenvalue weighted by Crippen LogP contribution is -2.09. The van der Waals surface area contributed by atoms with E-state index in [0.717, 1.165) is 11.1 Å². The zero-order chi connectivity index (χ0) is 12.0. The number of H-pyrrole nitrogens is 1. The maximum Gasteiger partial charge on any atom is 0.260 e. The van der Waals surface area contributed by atoms with Crippen LogP contribution in [0.2, 0.25) is 0 Å². The van der Waals surface area contributed by atoms with Crippen LogP contribution in [0.15, 0.2) is 23.0 Å². The van der Waals surface area contributed by atoms with Crippen molar-refractivity contribution in [1.82, 2.24) is 4.98 Å². The van der Waals surface area contributed by atoms with Gasteiger partial charge in [0.05, 0.1) is 11.1 Å². The van der Waals surface area contributed by atoms with Crippen molar-refractivity contribution in [3.8, 4) is 5.75 Å². The van der Waals surface area contributed by atoms with Crippen LogP contribution in [0.25, 0.3) is 16.8 Å². The summed E-state index contributed by atoms with van der Waals surface area (Å²) in [6.07, 6.45) is 5.04. The van der Waals surface area contributed by atoms with Gasteiger partial charge < -0.3 is 10.1 Å². The van der Waals surface area contributed by atoms with Crippen LogP contribution in [-0.4, -0.2) is 16.4 Å². The predicted octanol–water partition coefficient (Wildman–Crippen LogP) is 1.62. The number of benzene rings is 1. The lowest BCUT2D eigenvalue weighted by atomic mass is 10.0. The Morgan fingerprint density at radius 3 is 2.94 bits per heavy atom. The molecule has 17 heavy (non-hydrogen) atoms. The zero-order valence-corrected chi connectivity index (χ0v) is 8.86. The number of rotatable bonds is 1. The monoisotopic (exact) mass is 227 g/mol. The van der Waals surface area contributed by atoms with E-state index in [-0.39, 0.29) is 16.8 Å². The average molecular weight is 227 g/mol. The third-order valence-electron chi connectivity index (χ3n) is 3.01. The van der Waals surface area contributed by atoms with Crippen LogP contribution in [0.5, 0.6) is 5.75 Å². The largest absolute Gasteiger partial charge is 0.507 e. The van der Waals surface area contributed by atoms with Crippen LogP contribution >= 0.6 is 0 Å². The molecule has 0 unspecified atom stereocenters. The Balaban J connectivity index is 2.50. The third kappa shape index (κ3) is 1.30. The molecule has 0 aliphatic heterocycles. The number of allylic oxidation sites excluding steroid dienone is 1. The first-order valence-corrected chi connectivity index (χ1v) is 5.24. The van der Waals surface area contributed by atoms with Gasteiger partial charge in [0.15, 0.2) is 6.29 Å². The molecule has 2 aromatic rings. The number of aromatic hydroxyl groups is 1. The first-order chi connectivity index (χ1) is 8.20. The number of aromatic nitrogens is 1. The average Bonchev–Trinajstić information content (AvgIpc) is 2.76. The summed E-state index contributed by atoms with van der Waals surface area (Å²) >= 11 is 0. The number of fused-ring (bicyclic) bond motifs is 2. The molecule has 0 spiro atoms. The molecule has 0 saturated carbocycles. The zero-order valence-electron chi connectivity index (χ0n) is 8.86. The van der Waals surface area contributed by atoms with E-state index in [2.05, 4.69) is 4.98 Å². The number of pyridine rings is 1. The number of phenolic OH excluding ortho intramolecular Hbond substituents is 1. The Labute approximate surface area is 96.2 Å². The van der Waals surface area contributed by atoms with E-state index in [9.17, 15) is 14.7 Å². The maximum absolute atomic E-state index is 11.8. The number of carbonyl (C=O) groups is 1. The second kappa shape index (κ2) is 3.31. The van der Waals surface area contributed by atoms with Crippen molar-refractivity contribution in [2.45, 2.75) is 6.42 Å². The number of hydrogen-bond acceptors (Lipinski definition) is 3. The van der Waals surface area contributed by atoms with Crippen molar-refractivity contribution in [3.05, 3.63) is 45.4 Å². The highest BCUT2D eigenvalue weighted by atomic mass is 16.3. The van der Waals surface area contributed by atoms with Crippen molar-refractivity contribution in [1.29, 1.82) is 0 Å². The highest BCUT2D eigenvalue weighted by molar-refractivity contribution is 5.94. The number of aldehydes is 1. The molecule has 0 saturated heterocycles. The second-order valence-electron chi connectivity index (χ2n) is 4.04. The molecule has 1 aromatic heterocycles. The Morgan fingerprint density at radius 1 is 1.35 bits per heavy atom. The summed E-state index contributed by atoms with van der Waals surface area (Å²) in [5.74, 6) is 0.0150. The third-order valence-corrected chi connectivity index (χ3v) is 3.01. The summed E-state index contributed by atoms with van der Waals surface area (Å²) in [6, 6.07) is 3.38. The number of carbonyl (C=O) groups excluding carboxylic acids is 1. The molecule has 0 atom stereocenters. The minimum absolute atomic E-state index is 0.0150. The summed E-state index contributed by atoms with van der Waals surface area (Å²) in [5, 5.41) is 10.9. The lowest BCUT2D eigenvalue weighted by Gasteiger charge is -2.07. The second-order valence-corrected chi connectivity index (χ2v) is 4.04. The van der Waals surface area contributed by atoms with E-state index < -0.39 is 5.56 Å². The maximum atomic E-state index is 11.8. The molecule has 0 amide bonds. The van der Waals surface area contributed by atoms with Gasteiger partial charge >= 0.3 is 0 Å². The van der Waals surface area contributed by atoms with Gasteiger partial charge in [0.2, 0.25) is 0 Å². The van der Waals surface area contributed by atoms with Crippen LogP contribution in [-0.2, 0) is 6.42 Å². The van der Waals surface area contributed by atoms with Gasteiger partial charge in [0.1, 0.15) is 5.75 Å².